The van der Waals surface area contributed by atoms with Gasteiger partial charge in [0.2, 0.25) is 5.78 Å². The molecule has 0 fully saturated rings. The van der Waals surface area contributed by atoms with Crippen LogP contribution in [0.1, 0.15) is 17.3 Å². The van der Waals surface area contributed by atoms with E-state index in [-0.39, 0.29) is 11.3 Å². The van der Waals surface area contributed by atoms with Crippen molar-refractivity contribution in [3.8, 4) is 0 Å². The molecule has 1 aliphatic rings. The van der Waals surface area contributed by atoms with Gasteiger partial charge >= 0.3 is 5.69 Å². The molecule has 0 N–H and O–H groups in total. The Bertz CT molecular complexity index is 637. The number of hydrogen-bond donors (Lipinski definition) is 0. The van der Waals surface area contributed by atoms with Crippen LogP contribution >= 0.6 is 11.8 Å². The minimum Gasteiger partial charge on any atom is -0.290 e. The topological polar surface area (TPSA) is 61.1 Å². The SMILES string of the molecule is C/C=C1\Sc2c(c(=O)n(C)c(=O)n2C)C1=O. The van der Waals surface area contributed by atoms with Crippen molar-refractivity contribution in [2.24, 2.45) is 14.1 Å². The summed E-state index contributed by atoms with van der Waals surface area (Å²) in [7, 11) is 2.93. The van der Waals surface area contributed by atoms with Gasteiger partial charge in [-0.05, 0) is 6.92 Å². The van der Waals surface area contributed by atoms with Crippen LogP contribution in [0.25, 0.3) is 0 Å². The van der Waals surface area contributed by atoms with Gasteiger partial charge in [0.1, 0.15) is 10.6 Å². The van der Waals surface area contributed by atoms with Gasteiger partial charge in [0.15, 0.2) is 0 Å². The van der Waals surface area contributed by atoms with E-state index in [4.69, 9.17) is 0 Å². The van der Waals surface area contributed by atoms with Gasteiger partial charge in [-0.2, -0.15) is 0 Å². The van der Waals surface area contributed by atoms with Gasteiger partial charge in [-0.1, -0.05) is 17.8 Å². The number of allylic oxidation sites excluding steroid dienone is 2. The lowest BCUT2D eigenvalue weighted by Gasteiger charge is -2.05. The normalized spacial score (nSPS) is 16.9. The van der Waals surface area contributed by atoms with Gasteiger partial charge in [0.25, 0.3) is 5.56 Å². The van der Waals surface area contributed by atoms with Crippen LogP contribution in [0.2, 0.25) is 0 Å². The van der Waals surface area contributed by atoms with E-state index in [2.05, 4.69) is 0 Å². The molecule has 0 aromatic carbocycles. The van der Waals surface area contributed by atoms with Crippen LogP contribution in [-0.4, -0.2) is 14.9 Å². The molecule has 2 heterocycles. The molecule has 0 saturated carbocycles. The zero-order chi connectivity index (χ0) is 12.0. The van der Waals surface area contributed by atoms with E-state index in [1.807, 2.05) is 0 Å². The molecule has 1 aliphatic heterocycles. The Labute approximate surface area is 95.4 Å². The Balaban J connectivity index is 2.93. The van der Waals surface area contributed by atoms with Crippen molar-refractivity contribution >= 4 is 17.5 Å². The van der Waals surface area contributed by atoms with E-state index in [9.17, 15) is 14.4 Å². The van der Waals surface area contributed by atoms with E-state index in [1.54, 1.807) is 20.0 Å². The molecule has 84 valence electrons. The maximum atomic E-state index is 11.8. The maximum Gasteiger partial charge on any atom is 0.331 e. The minimum absolute atomic E-state index is 0.0997. The first-order valence-electron chi connectivity index (χ1n) is 4.68. The van der Waals surface area contributed by atoms with Crippen molar-refractivity contribution in [1.82, 2.24) is 9.13 Å². The number of ketones is 1. The zero-order valence-electron chi connectivity index (χ0n) is 9.10. The van der Waals surface area contributed by atoms with Crippen molar-refractivity contribution in [3.63, 3.8) is 0 Å². The summed E-state index contributed by atoms with van der Waals surface area (Å²) in [5.74, 6) is -0.293. The van der Waals surface area contributed by atoms with Gasteiger partial charge in [-0.3, -0.25) is 18.7 Å². The molecule has 0 saturated heterocycles. The number of fused-ring (bicyclic) bond motifs is 1. The van der Waals surface area contributed by atoms with Crippen molar-refractivity contribution < 1.29 is 4.79 Å². The molecule has 2 rings (SSSR count). The van der Waals surface area contributed by atoms with Gasteiger partial charge < -0.3 is 0 Å². The fourth-order valence-electron chi connectivity index (χ4n) is 1.60. The number of carbonyl (C=O) groups is 1. The van der Waals surface area contributed by atoms with Crippen molar-refractivity contribution in [1.29, 1.82) is 0 Å². The largest absolute Gasteiger partial charge is 0.331 e. The van der Waals surface area contributed by atoms with E-state index in [0.717, 1.165) is 4.57 Å². The van der Waals surface area contributed by atoms with Crippen molar-refractivity contribution in [2.75, 3.05) is 0 Å². The molecule has 0 spiro atoms. The summed E-state index contributed by atoms with van der Waals surface area (Å²) in [6.45, 7) is 1.73. The molecule has 0 bridgehead atoms. The summed E-state index contributed by atoms with van der Waals surface area (Å²) in [6.07, 6.45) is 1.65. The molecular weight excluding hydrogens is 228 g/mol. The van der Waals surface area contributed by atoms with Crippen LogP contribution < -0.4 is 11.2 Å². The van der Waals surface area contributed by atoms with E-state index < -0.39 is 11.2 Å². The Morgan fingerprint density at radius 2 is 1.75 bits per heavy atom. The van der Waals surface area contributed by atoms with Crippen LogP contribution in [0.3, 0.4) is 0 Å². The van der Waals surface area contributed by atoms with Gasteiger partial charge in [0, 0.05) is 14.1 Å². The molecule has 1 aromatic heterocycles. The quantitative estimate of drug-likeness (QED) is 0.481. The number of Topliss-reactive ketones (excluding diaryl/α,β-unsaturated/α-hetero) is 1. The number of carbonyl (C=O) groups excluding carboxylic acids is 1. The summed E-state index contributed by atoms with van der Waals surface area (Å²) in [5, 5.41) is 0.436. The predicted molar refractivity (Wildman–Crippen MR) is 60.9 cm³/mol. The van der Waals surface area contributed by atoms with Gasteiger partial charge in [-0.15, -0.1) is 0 Å². The van der Waals surface area contributed by atoms with E-state index in [1.165, 1.54) is 23.4 Å². The van der Waals surface area contributed by atoms with Crippen molar-refractivity contribution in [3.05, 3.63) is 37.4 Å². The lowest BCUT2D eigenvalue weighted by molar-refractivity contribution is 0.104. The Morgan fingerprint density at radius 1 is 1.12 bits per heavy atom. The molecule has 0 unspecified atom stereocenters. The number of thioether (sulfide) groups is 1. The summed E-state index contributed by atoms with van der Waals surface area (Å²) in [5.41, 5.74) is -0.837. The van der Waals surface area contributed by atoms with Crippen LogP contribution in [0.4, 0.5) is 0 Å². The lowest BCUT2D eigenvalue weighted by Crippen LogP contribution is -2.39. The highest BCUT2D eigenvalue weighted by molar-refractivity contribution is 8.04. The highest BCUT2D eigenvalue weighted by atomic mass is 32.2. The van der Waals surface area contributed by atoms with Crippen molar-refractivity contribution in [2.45, 2.75) is 11.9 Å². The van der Waals surface area contributed by atoms with E-state index in [0.29, 0.717) is 9.93 Å². The van der Waals surface area contributed by atoms with Crippen LogP contribution in [0, 0.1) is 0 Å². The first-order valence-corrected chi connectivity index (χ1v) is 5.49. The standard InChI is InChI=1S/C10H10N2O3S/c1-4-5-7(13)6-8(14)11(2)10(15)12(3)9(6)16-5/h4H,1-3H3/b5-4-. The highest BCUT2D eigenvalue weighted by Crippen LogP contribution is 2.36. The third-order valence-corrected chi connectivity index (χ3v) is 3.84. The molecular formula is C10H10N2O3S. The fraction of sp³-hybridized carbons (Fsp3) is 0.300. The summed E-state index contributed by atoms with van der Waals surface area (Å²) in [4.78, 5) is 35.8. The molecule has 5 nitrogen and oxygen atoms in total. The second-order valence-electron chi connectivity index (χ2n) is 3.47. The van der Waals surface area contributed by atoms with E-state index >= 15 is 0 Å². The number of hydrogen-bond acceptors (Lipinski definition) is 4. The second-order valence-corrected chi connectivity index (χ2v) is 4.50. The molecule has 6 heteroatoms. The number of aromatic nitrogens is 2. The minimum atomic E-state index is -0.521. The monoisotopic (exact) mass is 238 g/mol. The third kappa shape index (κ3) is 1.23. The summed E-state index contributed by atoms with van der Waals surface area (Å²) in [6, 6.07) is 0. The van der Waals surface area contributed by atoms with Crippen LogP contribution in [0.15, 0.2) is 25.6 Å². The Morgan fingerprint density at radius 3 is 2.31 bits per heavy atom. The average Bonchev–Trinajstić information content (AvgIpc) is 2.61. The van der Waals surface area contributed by atoms with Crippen LogP contribution in [-0.2, 0) is 14.1 Å². The summed E-state index contributed by atoms with van der Waals surface area (Å²) >= 11 is 1.17. The molecule has 1 aromatic rings. The first-order chi connectivity index (χ1) is 7.49. The predicted octanol–water partition coefficient (Wildman–Crippen LogP) is 0.276. The Hall–Kier alpha value is -1.56. The molecule has 0 radical (unpaired) electrons. The van der Waals surface area contributed by atoms with Gasteiger partial charge in [0.05, 0.1) is 4.91 Å². The number of nitrogens with zero attached hydrogens (tertiary/aromatic N) is 2. The summed E-state index contributed by atoms with van der Waals surface area (Å²) < 4.78 is 2.28. The Kier molecular flexibility index (Phi) is 2.38. The smallest absolute Gasteiger partial charge is 0.290 e. The maximum absolute atomic E-state index is 11.8. The highest BCUT2D eigenvalue weighted by Gasteiger charge is 2.32. The lowest BCUT2D eigenvalue weighted by atomic mass is 10.2. The van der Waals surface area contributed by atoms with Gasteiger partial charge in [-0.25, -0.2) is 4.79 Å². The third-order valence-electron chi connectivity index (χ3n) is 2.53. The average molecular weight is 238 g/mol. The molecule has 0 aliphatic carbocycles. The van der Waals surface area contributed by atoms with Crippen LogP contribution in [0.5, 0.6) is 0 Å². The molecule has 0 atom stereocenters. The molecule has 0 amide bonds. The number of rotatable bonds is 0. The zero-order valence-corrected chi connectivity index (χ0v) is 9.92. The molecule has 16 heavy (non-hydrogen) atoms. The second kappa shape index (κ2) is 3.48. The first kappa shape index (κ1) is 10.9. The fourth-order valence-corrected chi connectivity index (χ4v) is 2.62.